The van der Waals surface area contributed by atoms with E-state index >= 15 is 0 Å². The van der Waals surface area contributed by atoms with Gasteiger partial charge in [-0.1, -0.05) is 45.1 Å². The molecule has 0 atom stereocenters. The summed E-state index contributed by atoms with van der Waals surface area (Å²) in [6.45, 7) is 9.05. The largest absolute Gasteiger partial charge is 0.0795 e. The van der Waals surface area contributed by atoms with Crippen molar-refractivity contribution < 1.29 is 0 Å². The van der Waals surface area contributed by atoms with Gasteiger partial charge in [-0.3, -0.25) is 0 Å². The van der Waals surface area contributed by atoms with Crippen molar-refractivity contribution in [2.24, 2.45) is 0 Å². The Morgan fingerprint density at radius 1 is 1.14 bits per heavy atom. The molecule has 0 saturated heterocycles. The van der Waals surface area contributed by atoms with Crippen molar-refractivity contribution in [3.63, 3.8) is 0 Å². The molecule has 0 nitrogen and oxygen atoms in total. The first-order valence-corrected chi connectivity index (χ1v) is 5.29. The summed E-state index contributed by atoms with van der Waals surface area (Å²) in [7, 11) is 0. The van der Waals surface area contributed by atoms with E-state index in [1.54, 1.807) is 0 Å². The SMILES string of the molecule is Cc1ccc(C(C)(C)C)c2c1CC=C2. The molecule has 0 saturated carbocycles. The topological polar surface area (TPSA) is 0 Å². The van der Waals surface area contributed by atoms with Gasteiger partial charge in [-0.15, -0.1) is 0 Å². The van der Waals surface area contributed by atoms with E-state index in [1.807, 2.05) is 0 Å². The maximum Gasteiger partial charge on any atom is -0.00854 e. The lowest BCUT2D eigenvalue weighted by atomic mass is 9.82. The zero-order valence-corrected chi connectivity index (χ0v) is 9.52. The summed E-state index contributed by atoms with van der Waals surface area (Å²) in [5.74, 6) is 0. The number of hydrogen-bond donors (Lipinski definition) is 0. The van der Waals surface area contributed by atoms with E-state index in [-0.39, 0.29) is 5.41 Å². The molecule has 0 fully saturated rings. The highest BCUT2D eigenvalue weighted by Crippen LogP contribution is 2.33. The van der Waals surface area contributed by atoms with Gasteiger partial charge in [0, 0.05) is 0 Å². The average Bonchev–Trinajstić information content (AvgIpc) is 2.50. The Kier molecular flexibility index (Phi) is 2.02. The molecule has 0 aromatic heterocycles. The number of hydrogen-bond acceptors (Lipinski definition) is 0. The maximum absolute atomic E-state index is 2.28. The van der Waals surface area contributed by atoms with Crippen LogP contribution in [-0.4, -0.2) is 0 Å². The van der Waals surface area contributed by atoms with Crippen LogP contribution in [0.4, 0.5) is 0 Å². The number of allylic oxidation sites excluding steroid dienone is 1. The summed E-state index contributed by atoms with van der Waals surface area (Å²) in [6, 6.07) is 4.54. The predicted molar refractivity (Wildman–Crippen MR) is 62.6 cm³/mol. The molecule has 0 unspecified atom stereocenters. The quantitative estimate of drug-likeness (QED) is 0.577. The molecular weight excluding hydrogens is 168 g/mol. The standard InChI is InChI=1S/C14H18/c1-10-8-9-13(14(2,3)4)12-7-5-6-11(10)12/h5,7-9H,6H2,1-4H3. The van der Waals surface area contributed by atoms with Crippen molar-refractivity contribution in [2.75, 3.05) is 0 Å². The highest BCUT2D eigenvalue weighted by molar-refractivity contribution is 5.66. The molecule has 0 bridgehead atoms. The van der Waals surface area contributed by atoms with Crippen LogP contribution in [0.2, 0.25) is 0 Å². The summed E-state index contributed by atoms with van der Waals surface area (Å²) in [5.41, 5.74) is 6.16. The first kappa shape index (κ1) is 9.51. The van der Waals surface area contributed by atoms with E-state index in [0.29, 0.717) is 0 Å². The number of benzene rings is 1. The van der Waals surface area contributed by atoms with Crippen molar-refractivity contribution in [1.82, 2.24) is 0 Å². The van der Waals surface area contributed by atoms with Gasteiger partial charge in [0.05, 0.1) is 0 Å². The fourth-order valence-corrected chi connectivity index (χ4v) is 2.18. The van der Waals surface area contributed by atoms with Crippen molar-refractivity contribution in [1.29, 1.82) is 0 Å². The van der Waals surface area contributed by atoms with Gasteiger partial charge in [-0.2, -0.15) is 0 Å². The van der Waals surface area contributed by atoms with Gasteiger partial charge in [0.2, 0.25) is 0 Å². The maximum atomic E-state index is 2.28. The molecule has 0 spiro atoms. The minimum absolute atomic E-state index is 0.256. The molecular formula is C14H18. The second-order valence-electron chi connectivity index (χ2n) is 5.18. The minimum Gasteiger partial charge on any atom is -0.0795 e. The third kappa shape index (κ3) is 1.39. The van der Waals surface area contributed by atoms with Crippen molar-refractivity contribution in [3.8, 4) is 0 Å². The van der Waals surface area contributed by atoms with Crippen molar-refractivity contribution in [2.45, 2.75) is 39.5 Å². The first-order chi connectivity index (χ1) is 6.50. The van der Waals surface area contributed by atoms with E-state index < -0.39 is 0 Å². The van der Waals surface area contributed by atoms with Crippen molar-refractivity contribution >= 4 is 6.08 Å². The third-order valence-corrected chi connectivity index (χ3v) is 3.01. The van der Waals surface area contributed by atoms with Crippen molar-refractivity contribution in [3.05, 3.63) is 40.5 Å². The summed E-state index contributed by atoms with van der Waals surface area (Å²) >= 11 is 0. The highest BCUT2D eigenvalue weighted by Gasteiger charge is 2.21. The zero-order valence-electron chi connectivity index (χ0n) is 9.52. The van der Waals surface area contributed by atoms with Crippen LogP contribution in [0, 0.1) is 6.92 Å². The Bertz CT molecular complexity index is 389. The summed E-state index contributed by atoms with van der Waals surface area (Å²) in [5, 5.41) is 0. The molecule has 0 aliphatic heterocycles. The van der Waals surface area contributed by atoms with E-state index in [9.17, 15) is 0 Å². The smallest absolute Gasteiger partial charge is 0.00854 e. The fourth-order valence-electron chi connectivity index (χ4n) is 2.18. The highest BCUT2D eigenvalue weighted by atomic mass is 14.3. The molecule has 0 heteroatoms. The molecule has 0 amide bonds. The van der Waals surface area contributed by atoms with Gasteiger partial charge in [-0.25, -0.2) is 0 Å². The summed E-state index contributed by atoms with van der Waals surface area (Å²) in [6.07, 6.45) is 5.67. The fraction of sp³-hybridized carbons (Fsp3) is 0.429. The predicted octanol–water partition coefficient (Wildman–Crippen LogP) is 3.86. The Hall–Kier alpha value is -1.04. The van der Waals surface area contributed by atoms with Gasteiger partial charge >= 0.3 is 0 Å². The van der Waals surface area contributed by atoms with Crippen LogP contribution in [0.3, 0.4) is 0 Å². The van der Waals surface area contributed by atoms with Gasteiger partial charge in [-0.05, 0) is 41.0 Å². The van der Waals surface area contributed by atoms with E-state index in [1.165, 1.54) is 22.3 Å². The van der Waals surface area contributed by atoms with Crippen LogP contribution < -0.4 is 0 Å². The van der Waals surface area contributed by atoms with Crippen LogP contribution >= 0.6 is 0 Å². The van der Waals surface area contributed by atoms with Gasteiger partial charge in [0.25, 0.3) is 0 Å². The molecule has 1 aliphatic carbocycles. The van der Waals surface area contributed by atoms with Gasteiger partial charge < -0.3 is 0 Å². The number of fused-ring (bicyclic) bond motifs is 1. The van der Waals surface area contributed by atoms with Crippen LogP contribution in [0.15, 0.2) is 18.2 Å². The lowest BCUT2D eigenvalue weighted by Crippen LogP contribution is -2.13. The van der Waals surface area contributed by atoms with Crippen LogP contribution in [0.1, 0.15) is 43.0 Å². The van der Waals surface area contributed by atoms with Crippen LogP contribution in [0.5, 0.6) is 0 Å². The summed E-state index contributed by atoms with van der Waals surface area (Å²) in [4.78, 5) is 0. The molecule has 14 heavy (non-hydrogen) atoms. The number of rotatable bonds is 0. The zero-order chi connectivity index (χ0) is 10.3. The third-order valence-electron chi connectivity index (χ3n) is 3.01. The molecule has 1 aromatic rings. The Morgan fingerprint density at radius 3 is 2.50 bits per heavy atom. The molecule has 0 heterocycles. The Morgan fingerprint density at radius 2 is 1.86 bits per heavy atom. The second kappa shape index (κ2) is 2.98. The Labute approximate surface area is 86.7 Å². The molecule has 0 radical (unpaired) electrons. The van der Waals surface area contributed by atoms with Crippen LogP contribution in [0.25, 0.3) is 6.08 Å². The lowest BCUT2D eigenvalue weighted by Gasteiger charge is -2.23. The van der Waals surface area contributed by atoms with Gasteiger partial charge in [0.1, 0.15) is 0 Å². The molecule has 1 aromatic carbocycles. The van der Waals surface area contributed by atoms with Crippen LogP contribution in [-0.2, 0) is 11.8 Å². The Balaban J connectivity index is 2.65. The molecule has 74 valence electrons. The van der Waals surface area contributed by atoms with E-state index in [4.69, 9.17) is 0 Å². The van der Waals surface area contributed by atoms with E-state index in [0.717, 1.165) is 6.42 Å². The first-order valence-electron chi connectivity index (χ1n) is 5.29. The summed E-state index contributed by atoms with van der Waals surface area (Å²) < 4.78 is 0. The molecule has 0 N–H and O–H groups in total. The molecule has 1 aliphatic rings. The second-order valence-corrected chi connectivity index (χ2v) is 5.18. The normalized spacial score (nSPS) is 14.6. The van der Waals surface area contributed by atoms with E-state index in [2.05, 4.69) is 52.0 Å². The average molecular weight is 186 g/mol. The van der Waals surface area contributed by atoms with Gasteiger partial charge in [0.15, 0.2) is 0 Å². The number of aryl methyl sites for hydroxylation is 1. The monoisotopic (exact) mass is 186 g/mol. The molecule has 2 rings (SSSR count). The lowest BCUT2D eigenvalue weighted by molar-refractivity contribution is 0.588. The minimum atomic E-state index is 0.256.